The van der Waals surface area contributed by atoms with Crippen molar-refractivity contribution in [1.29, 1.82) is 0 Å². The summed E-state index contributed by atoms with van der Waals surface area (Å²) in [5.74, 6) is 0.485. The molecule has 0 saturated heterocycles. The van der Waals surface area contributed by atoms with Crippen LogP contribution in [0.15, 0.2) is 17.2 Å². The molecule has 20 heavy (non-hydrogen) atoms. The number of nitrogens with one attached hydrogen (secondary N) is 2. The summed E-state index contributed by atoms with van der Waals surface area (Å²) in [5.41, 5.74) is 0.961. The van der Waals surface area contributed by atoms with E-state index >= 15 is 0 Å². The Morgan fingerprint density at radius 1 is 1.25 bits per heavy atom. The maximum atomic E-state index is 12.2. The van der Waals surface area contributed by atoms with Crippen LogP contribution in [0, 0.1) is 5.92 Å². The molecule has 5 nitrogen and oxygen atoms in total. The molecule has 1 aromatic heterocycles. The van der Waals surface area contributed by atoms with E-state index in [1.165, 1.54) is 0 Å². The lowest BCUT2D eigenvalue weighted by atomic mass is 10.1. The van der Waals surface area contributed by atoms with Crippen LogP contribution >= 0.6 is 0 Å². The van der Waals surface area contributed by atoms with Crippen LogP contribution in [0.2, 0.25) is 0 Å². The average Bonchev–Trinajstić information content (AvgIpc) is 2.68. The molecular formula is C14H27N3O2S. The predicted molar refractivity (Wildman–Crippen MR) is 82.0 cm³/mol. The number of hydrogen-bond donors (Lipinski definition) is 2. The number of aromatic nitrogens is 1. The molecule has 0 fully saturated rings. The van der Waals surface area contributed by atoms with Crippen molar-refractivity contribution < 1.29 is 8.42 Å². The van der Waals surface area contributed by atoms with Gasteiger partial charge in [0.15, 0.2) is 0 Å². The Balaban J connectivity index is 2.73. The van der Waals surface area contributed by atoms with E-state index in [-0.39, 0.29) is 0 Å². The van der Waals surface area contributed by atoms with Crippen LogP contribution in [-0.2, 0) is 23.6 Å². The van der Waals surface area contributed by atoms with Crippen LogP contribution in [0.1, 0.15) is 39.8 Å². The van der Waals surface area contributed by atoms with E-state index in [1.807, 2.05) is 11.6 Å². The van der Waals surface area contributed by atoms with Gasteiger partial charge in [-0.05, 0) is 18.4 Å². The first-order chi connectivity index (χ1) is 9.22. The van der Waals surface area contributed by atoms with Crippen LogP contribution in [-0.4, -0.2) is 25.6 Å². The number of aryl methyl sites for hydroxylation is 1. The molecule has 1 aromatic rings. The van der Waals surface area contributed by atoms with E-state index in [0.717, 1.165) is 12.1 Å². The standard InChI is InChI=1S/C14H27N3O2S/c1-11(2)6-7-16-20(18,19)14-8-13(17(5)10-14)9-15-12(3)4/h8,10-12,15-16H,6-7,9H2,1-5H3. The molecule has 0 unspecified atom stereocenters. The Hall–Kier alpha value is -0.850. The summed E-state index contributed by atoms with van der Waals surface area (Å²) in [6.45, 7) is 9.42. The molecule has 6 heteroatoms. The van der Waals surface area contributed by atoms with Crippen molar-refractivity contribution in [2.45, 2.75) is 51.6 Å². The van der Waals surface area contributed by atoms with Gasteiger partial charge >= 0.3 is 0 Å². The first kappa shape index (κ1) is 17.2. The highest BCUT2D eigenvalue weighted by molar-refractivity contribution is 7.89. The second-order valence-corrected chi connectivity index (χ2v) is 7.66. The maximum absolute atomic E-state index is 12.2. The van der Waals surface area contributed by atoms with E-state index in [0.29, 0.717) is 29.9 Å². The van der Waals surface area contributed by atoms with Gasteiger partial charge in [-0.1, -0.05) is 27.7 Å². The molecule has 0 spiro atoms. The number of nitrogens with zero attached hydrogens (tertiary/aromatic N) is 1. The molecule has 0 atom stereocenters. The van der Waals surface area contributed by atoms with E-state index < -0.39 is 10.0 Å². The molecule has 1 heterocycles. The molecule has 0 saturated carbocycles. The molecule has 0 radical (unpaired) electrons. The van der Waals surface area contributed by atoms with Gasteiger partial charge < -0.3 is 9.88 Å². The lowest BCUT2D eigenvalue weighted by molar-refractivity contribution is 0.551. The summed E-state index contributed by atoms with van der Waals surface area (Å²) in [7, 11) is -1.53. The molecule has 0 aliphatic rings. The third-order valence-corrected chi connectivity index (χ3v) is 4.53. The van der Waals surface area contributed by atoms with Gasteiger partial charge in [0, 0.05) is 38.1 Å². The second kappa shape index (κ2) is 7.24. The molecule has 116 valence electrons. The summed E-state index contributed by atoms with van der Waals surface area (Å²) in [5, 5.41) is 3.29. The molecule has 0 aliphatic heterocycles. The van der Waals surface area contributed by atoms with Crippen LogP contribution in [0.5, 0.6) is 0 Å². The van der Waals surface area contributed by atoms with Crippen molar-refractivity contribution in [2.24, 2.45) is 13.0 Å². The zero-order valence-electron chi connectivity index (χ0n) is 13.1. The molecule has 0 bridgehead atoms. The highest BCUT2D eigenvalue weighted by atomic mass is 32.2. The van der Waals surface area contributed by atoms with E-state index in [1.54, 1.807) is 12.3 Å². The van der Waals surface area contributed by atoms with Gasteiger partial charge in [-0.3, -0.25) is 0 Å². The van der Waals surface area contributed by atoms with Gasteiger partial charge in [0.1, 0.15) is 0 Å². The van der Waals surface area contributed by atoms with Crippen molar-refractivity contribution in [3.05, 3.63) is 18.0 Å². The Morgan fingerprint density at radius 2 is 1.90 bits per heavy atom. The van der Waals surface area contributed by atoms with Gasteiger partial charge in [-0.15, -0.1) is 0 Å². The van der Waals surface area contributed by atoms with Crippen LogP contribution in [0.3, 0.4) is 0 Å². The third-order valence-electron chi connectivity index (χ3n) is 3.10. The minimum Gasteiger partial charge on any atom is -0.352 e. The van der Waals surface area contributed by atoms with Gasteiger partial charge in [-0.2, -0.15) is 0 Å². The highest BCUT2D eigenvalue weighted by Crippen LogP contribution is 2.13. The molecule has 1 rings (SSSR count). The average molecular weight is 301 g/mol. The fourth-order valence-electron chi connectivity index (χ4n) is 1.77. The van der Waals surface area contributed by atoms with Gasteiger partial charge in [0.25, 0.3) is 0 Å². The second-order valence-electron chi connectivity index (χ2n) is 5.89. The Kier molecular flexibility index (Phi) is 6.23. The number of rotatable bonds is 8. The van der Waals surface area contributed by atoms with Crippen molar-refractivity contribution in [3.63, 3.8) is 0 Å². The predicted octanol–water partition coefficient (Wildman–Crippen LogP) is 1.85. The van der Waals surface area contributed by atoms with Gasteiger partial charge in [0.05, 0.1) is 4.90 Å². The van der Waals surface area contributed by atoms with Crippen molar-refractivity contribution in [3.8, 4) is 0 Å². The smallest absolute Gasteiger partial charge is 0.242 e. The van der Waals surface area contributed by atoms with Crippen molar-refractivity contribution in [1.82, 2.24) is 14.6 Å². The van der Waals surface area contributed by atoms with Crippen molar-refractivity contribution >= 4 is 10.0 Å². The van der Waals surface area contributed by atoms with Gasteiger partial charge in [-0.25, -0.2) is 13.1 Å². The topological polar surface area (TPSA) is 63.1 Å². The first-order valence-electron chi connectivity index (χ1n) is 7.10. The SMILES string of the molecule is CC(C)CCNS(=O)(=O)c1cc(CNC(C)C)n(C)c1. The Labute approximate surface area is 122 Å². The Morgan fingerprint density at radius 3 is 2.45 bits per heavy atom. The minimum absolute atomic E-state index is 0.337. The largest absolute Gasteiger partial charge is 0.352 e. The van der Waals surface area contributed by atoms with E-state index in [9.17, 15) is 8.42 Å². The lowest BCUT2D eigenvalue weighted by Gasteiger charge is -2.08. The maximum Gasteiger partial charge on any atom is 0.242 e. The van der Waals surface area contributed by atoms with Crippen molar-refractivity contribution in [2.75, 3.05) is 6.54 Å². The summed E-state index contributed by atoms with van der Waals surface area (Å²) >= 11 is 0. The lowest BCUT2D eigenvalue weighted by Crippen LogP contribution is -2.25. The van der Waals surface area contributed by atoms with Crippen LogP contribution < -0.4 is 10.0 Å². The monoisotopic (exact) mass is 301 g/mol. The van der Waals surface area contributed by atoms with E-state index in [2.05, 4.69) is 37.7 Å². The summed E-state index contributed by atoms with van der Waals surface area (Å²) in [6, 6.07) is 2.10. The molecule has 0 aromatic carbocycles. The highest BCUT2D eigenvalue weighted by Gasteiger charge is 2.17. The zero-order valence-corrected chi connectivity index (χ0v) is 13.9. The zero-order chi connectivity index (χ0) is 15.3. The van der Waals surface area contributed by atoms with E-state index in [4.69, 9.17) is 0 Å². The third kappa shape index (κ3) is 5.26. The molecule has 2 N–H and O–H groups in total. The Bertz CT molecular complexity index is 519. The summed E-state index contributed by atoms with van der Waals surface area (Å²) in [6.07, 6.45) is 2.50. The number of hydrogen-bond acceptors (Lipinski definition) is 3. The molecule has 0 aliphatic carbocycles. The fourth-order valence-corrected chi connectivity index (χ4v) is 2.92. The summed E-state index contributed by atoms with van der Waals surface area (Å²) in [4.78, 5) is 0.337. The first-order valence-corrected chi connectivity index (χ1v) is 8.59. The summed E-state index contributed by atoms with van der Waals surface area (Å²) < 4.78 is 28.8. The normalized spacial score (nSPS) is 12.6. The molecular weight excluding hydrogens is 274 g/mol. The van der Waals surface area contributed by atoms with Gasteiger partial charge in [0.2, 0.25) is 10.0 Å². The fraction of sp³-hybridized carbons (Fsp3) is 0.714. The number of sulfonamides is 1. The minimum atomic E-state index is -3.39. The molecule has 0 amide bonds. The van der Waals surface area contributed by atoms with Crippen LogP contribution in [0.25, 0.3) is 0 Å². The quantitative estimate of drug-likeness (QED) is 0.770. The van der Waals surface area contributed by atoms with Crippen LogP contribution in [0.4, 0.5) is 0 Å².